The molecule has 0 aliphatic heterocycles. The molecule has 0 saturated carbocycles. The number of hydrogen-bond donors (Lipinski definition) is 1. The van der Waals surface area contributed by atoms with Gasteiger partial charge in [-0.3, -0.25) is 5.32 Å². The largest absolute Gasteiger partial charge is 0.448 e. The summed E-state index contributed by atoms with van der Waals surface area (Å²) in [6.07, 6.45) is -0.425. The van der Waals surface area contributed by atoms with Crippen molar-refractivity contribution in [2.24, 2.45) is 0 Å². The Kier molecular flexibility index (Phi) is 4.32. The average Bonchev–Trinajstić information content (AvgIpc) is 2.16. The Morgan fingerprint density at radius 1 is 1.38 bits per heavy atom. The molecule has 0 saturated heterocycles. The number of para-hydroxylation sites is 1. The van der Waals surface area contributed by atoms with Crippen LogP contribution in [0.3, 0.4) is 0 Å². The van der Waals surface area contributed by atoms with Crippen molar-refractivity contribution in [1.29, 1.82) is 0 Å². The van der Waals surface area contributed by atoms with Crippen molar-refractivity contribution in [3.05, 3.63) is 30.3 Å². The number of alkyl halides is 1. The van der Waals surface area contributed by atoms with Crippen LogP contribution < -0.4 is 5.32 Å². The molecule has 0 heterocycles. The van der Waals surface area contributed by atoms with Gasteiger partial charge in [0.25, 0.3) is 0 Å². The molecule has 0 spiro atoms. The smallest absolute Gasteiger partial charge is 0.411 e. The average molecular weight is 244 g/mol. The third kappa shape index (κ3) is 3.94. The Labute approximate surface area is 85.2 Å². The molecule has 0 radical (unpaired) electrons. The summed E-state index contributed by atoms with van der Waals surface area (Å²) in [7, 11) is 0. The van der Waals surface area contributed by atoms with Gasteiger partial charge in [-0.1, -0.05) is 34.1 Å². The van der Waals surface area contributed by atoms with Crippen LogP contribution in [0.2, 0.25) is 0 Å². The first kappa shape index (κ1) is 10.1. The second kappa shape index (κ2) is 5.59. The van der Waals surface area contributed by atoms with E-state index in [9.17, 15) is 4.79 Å². The molecular weight excluding hydrogens is 234 g/mol. The zero-order valence-corrected chi connectivity index (χ0v) is 8.58. The molecule has 70 valence electrons. The van der Waals surface area contributed by atoms with Crippen LogP contribution in [-0.4, -0.2) is 18.0 Å². The number of rotatable bonds is 3. The van der Waals surface area contributed by atoms with Crippen LogP contribution in [0.5, 0.6) is 0 Å². The lowest BCUT2D eigenvalue weighted by molar-refractivity contribution is 0.169. The fourth-order valence-corrected chi connectivity index (χ4v) is 0.969. The second-order valence-electron chi connectivity index (χ2n) is 2.32. The minimum atomic E-state index is -0.425. The first-order chi connectivity index (χ1) is 6.33. The third-order valence-electron chi connectivity index (χ3n) is 1.33. The van der Waals surface area contributed by atoms with Gasteiger partial charge in [0.15, 0.2) is 0 Å². The van der Waals surface area contributed by atoms with E-state index in [1.54, 1.807) is 12.1 Å². The molecule has 0 aliphatic carbocycles. The molecular formula is C9H10BrNO2. The molecule has 1 amide bonds. The lowest BCUT2D eigenvalue weighted by Crippen LogP contribution is -2.14. The predicted octanol–water partition coefficient (Wildman–Crippen LogP) is 2.63. The number of ether oxygens (including phenoxy) is 1. The number of carbonyl (C=O) groups excluding carboxylic acids is 1. The van der Waals surface area contributed by atoms with E-state index in [0.29, 0.717) is 11.9 Å². The van der Waals surface area contributed by atoms with E-state index < -0.39 is 6.09 Å². The molecule has 0 fully saturated rings. The van der Waals surface area contributed by atoms with Crippen LogP contribution in [-0.2, 0) is 4.74 Å². The molecule has 0 atom stereocenters. The van der Waals surface area contributed by atoms with Crippen LogP contribution in [0.15, 0.2) is 30.3 Å². The third-order valence-corrected chi connectivity index (χ3v) is 1.65. The molecule has 1 N–H and O–H groups in total. The van der Waals surface area contributed by atoms with Crippen molar-refractivity contribution < 1.29 is 9.53 Å². The zero-order chi connectivity index (χ0) is 9.52. The Morgan fingerprint density at radius 3 is 2.69 bits per heavy atom. The summed E-state index contributed by atoms with van der Waals surface area (Å²) < 4.78 is 4.80. The van der Waals surface area contributed by atoms with Crippen molar-refractivity contribution in [2.45, 2.75) is 0 Å². The van der Waals surface area contributed by atoms with Crippen LogP contribution in [0.4, 0.5) is 10.5 Å². The van der Waals surface area contributed by atoms with Crippen LogP contribution in [0.25, 0.3) is 0 Å². The van der Waals surface area contributed by atoms with Gasteiger partial charge in [-0.05, 0) is 12.1 Å². The maximum absolute atomic E-state index is 11.0. The minimum Gasteiger partial charge on any atom is -0.448 e. The van der Waals surface area contributed by atoms with Gasteiger partial charge < -0.3 is 4.74 Å². The van der Waals surface area contributed by atoms with Gasteiger partial charge in [-0.25, -0.2) is 4.79 Å². The topological polar surface area (TPSA) is 38.3 Å². The summed E-state index contributed by atoms with van der Waals surface area (Å²) in [5.74, 6) is 0. The normalized spacial score (nSPS) is 9.31. The molecule has 0 aliphatic rings. The Bertz CT molecular complexity index is 264. The van der Waals surface area contributed by atoms with E-state index >= 15 is 0 Å². The summed E-state index contributed by atoms with van der Waals surface area (Å²) >= 11 is 3.16. The first-order valence-electron chi connectivity index (χ1n) is 3.87. The highest BCUT2D eigenvalue weighted by atomic mass is 79.9. The summed E-state index contributed by atoms with van der Waals surface area (Å²) in [4.78, 5) is 11.0. The zero-order valence-electron chi connectivity index (χ0n) is 7.00. The summed E-state index contributed by atoms with van der Waals surface area (Å²) in [5, 5.41) is 3.24. The summed E-state index contributed by atoms with van der Waals surface area (Å²) in [6, 6.07) is 9.18. The highest BCUT2D eigenvalue weighted by molar-refractivity contribution is 9.09. The lowest BCUT2D eigenvalue weighted by Gasteiger charge is -2.04. The number of carbonyl (C=O) groups is 1. The van der Waals surface area contributed by atoms with E-state index in [2.05, 4.69) is 21.2 Å². The quantitative estimate of drug-likeness (QED) is 0.830. The van der Waals surface area contributed by atoms with Crippen LogP contribution in [0.1, 0.15) is 0 Å². The monoisotopic (exact) mass is 243 g/mol. The highest BCUT2D eigenvalue weighted by Gasteiger charge is 2.00. The molecule has 0 aromatic heterocycles. The number of anilines is 1. The molecule has 1 aromatic rings. The summed E-state index contributed by atoms with van der Waals surface area (Å²) in [6.45, 7) is 0.374. The van der Waals surface area contributed by atoms with Crippen molar-refractivity contribution >= 4 is 27.7 Å². The molecule has 0 bridgehead atoms. The van der Waals surface area contributed by atoms with Gasteiger partial charge in [0, 0.05) is 11.0 Å². The highest BCUT2D eigenvalue weighted by Crippen LogP contribution is 2.04. The maximum Gasteiger partial charge on any atom is 0.411 e. The lowest BCUT2D eigenvalue weighted by atomic mass is 10.3. The maximum atomic E-state index is 11.0. The van der Waals surface area contributed by atoms with E-state index in [4.69, 9.17) is 4.74 Å². The van der Waals surface area contributed by atoms with Crippen LogP contribution in [0, 0.1) is 0 Å². The first-order valence-corrected chi connectivity index (χ1v) is 5.00. The van der Waals surface area contributed by atoms with Crippen molar-refractivity contribution in [2.75, 3.05) is 17.3 Å². The number of amides is 1. The van der Waals surface area contributed by atoms with Gasteiger partial charge in [0.2, 0.25) is 0 Å². The molecule has 3 nitrogen and oxygen atoms in total. The van der Waals surface area contributed by atoms with E-state index in [-0.39, 0.29) is 0 Å². The second-order valence-corrected chi connectivity index (χ2v) is 3.11. The van der Waals surface area contributed by atoms with Crippen LogP contribution >= 0.6 is 15.9 Å². The predicted molar refractivity (Wildman–Crippen MR) is 55.2 cm³/mol. The standard InChI is InChI=1S/C9H10BrNO2/c10-6-7-13-9(12)11-8-4-2-1-3-5-8/h1-5H,6-7H2,(H,11,12). The number of hydrogen-bond acceptors (Lipinski definition) is 2. The minimum absolute atomic E-state index is 0.374. The van der Waals surface area contributed by atoms with Gasteiger partial charge in [-0.2, -0.15) is 0 Å². The Hall–Kier alpha value is -1.03. The Morgan fingerprint density at radius 2 is 2.08 bits per heavy atom. The molecule has 13 heavy (non-hydrogen) atoms. The molecule has 1 rings (SSSR count). The van der Waals surface area contributed by atoms with Gasteiger partial charge in [0.05, 0.1) is 0 Å². The fourth-order valence-electron chi connectivity index (χ4n) is 0.807. The van der Waals surface area contributed by atoms with Gasteiger partial charge in [-0.15, -0.1) is 0 Å². The Balaban J connectivity index is 2.37. The van der Waals surface area contributed by atoms with Crippen molar-refractivity contribution in [3.8, 4) is 0 Å². The van der Waals surface area contributed by atoms with E-state index in [1.165, 1.54) is 0 Å². The number of nitrogens with one attached hydrogen (secondary N) is 1. The summed E-state index contributed by atoms with van der Waals surface area (Å²) in [5.41, 5.74) is 0.738. The number of halogens is 1. The fraction of sp³-hybridized carbons (Fsp3) is 0.222. The van der Waals surface area contributed by atoms with E-state index in [0.717, 1.165) is 5.69 Å². The van der Waals surface area contributed by atoms with Crippen molar-refractivity contribution in [1.82, 2.24) is 0 Å². The molecule has 0 unspecified atom stereocenters. The van der Waals surface area contributed by atoms with Gasteiger partial charge >= 0.3 is 6.09 Å². The SMILES string of the molecule is O=C(Nc1ccccc1)OCCBr. The molecule has 4 heteroatoms. The van der Waals surface area contributed by atoms with E-state index in [1.807, 2.05) is 18.2 Å². The van der Waals surface area contributed by atoms with Gasteiger partial charge in [0.1, 0.15) is 6.61 Å². The van der Waals surface area contributed by atoms with Crippen molar-refractivity contribution in [3.63, 3.8) is 0 Å². The number of benzene rings is 1. The molecule has 1 aromatic carbocycles.